The number of hydrogen-bond donors (Lipinski definition) is 0. The van der Waals surface area contributed by atoms with Crippen molar-refractivity contribution in [2.24, 2.45) is 0 Å². The van der Waals surface area contributed by atoms with E-state index >= 15 is 0 Å². The minimum absolute atomic E-state index is 0.301. The van der Waals surface area contributed by atoms with E-state index in [0.29, 0.717) is 6.61 Å². The van der Waals surface area contributed by atoms with Gasteiger partial charge in [-0.15, -0.1) is 0 Å². The van der Waals surface area contributed by atoms with Gasteiger partial charge in [-0.25, -0.2) is 4.79 Å². The topological polar surface area (TPSA) is 38.5 Å². The van der Waals surface area contributed by atoms with Crippen molar-refractivity contribution in [3.63, 3.8) is 0 Å². The van der Waals surface area contributed by atoms with Crippen LogP contribution in [-0.2, 0) is 9.53 Å². The van der Waals surface area contributed by atoms with Gasteiger partial charge in [-0.1, -0.05) is 23.2 Å². The molecule has 1 aromatic rings. The summed E-state index contributed by atoms with van der Waals surface area (Å²) in [4.78, 5) is 13.3. The van der Waals surface area contributed by atoms with Crippen molar-refractivity contribution in [3.8, 4) is 5.75 Å². The Bertz CT molecular complexity index is 447. The third-order valence-electron chi connectivity index (χ3n) is 2.70. The van der Waals surface area contributed by atoms with Crippen LogP contribution < -0.4 is 9.64 Å². The fraction of sp³-hybridized carbons (Fsp3) is 0.417. The van der Waals surface area contributed by atoms with E-state index in [2.05, 4.69) is 0 Å². The van der Waals surface area contributed by atoms with Gasteiger partial charge in [0.1, 0.15) is 5.75 Å². The van der Waals surface area contributed by atoms with E-state index < -0.39 is 16.5 Å². The highest BCUT2D eigenvalue weighted by molar-refractivity contribution is 6.55. The zero-order chi connectivity index (χ0) is 13.3. The second-order valence-corrected chi connectivity index (χ2v) is 5.16. The molecule has 0 saturated carbocycles. The summed E-state index contributed by atoms with van der Waals surface area (Å²) in [6, 6.07) is 6.48. The second kappa shape index (κ2) is 4.86. The zero-order valence-electron chi connectivity index (χ0n) is 10.0. The van der Waals surface area contributed by atoms with Crippen LogP contribution in [0, 0.1) is 0 Å². The summed E-state index contributed by atoms with van der Waals surface area (Å²) in [5.41, 5.74) is 0.749. The Morgan fingerprint density at radius 3 is 2.50 bits per heavy atom. The van der Waals surface area contributed by atoms with Crippen molar-refractivity contribution in [3.05, 3.63) is 24.3 Å². The van der Waals surface area contributed by atoms with Gasteiger partial charge in [-0.2, -0.15) is 0 Å². The molecule has 98 valence electrons. The number of esters is 1. The maximum atomic E-state index is 11.7. The van der Waals surface area contributed by atoms with Crippen molar-refractivity contribution >= 4 is 34.9 Å². The number of halogens is 2. The number of methoxy groups -OCH3 is 1. The first-order valence-electron chi connectivity index (χ1n) is 5.50. The zero-order valence-corrected chi connectivity index (χ0v) is 11.5. The summed E-state index contributed by atoms with van der Waals surface area (Å²) in [5, 5.41) is 0. The van der Waals surface area contributed by atoms with E-state index in [4.69, 9.17) is 32.7 Å². The highest BCUT2D eigenvalue weighted by atomic mass is 35.5. The van der Waals surface area contributed by atoms with Gasteiger partial charge < -0.3 is 14.4 Å². The SMILES string of the molecule is CCOC(=O)C1N(c2ccc(OC)cc2)C1(Cl)Cl. The van der Waals surface area contributed by atoms with Crippen LogP contribution in [0.1, 0.15) is 6.92 Å². The number of carbonyl (C=O) groups excluding carboxylic acids is 1. The summed E-state index contributed by atoms with van der Waals surface area (Å²) in [7, 11) is 1.58. The third kappa shape index (κ3) is 2.22. The van der Waals surface area contributed by atoms with E-state index in [1.165, 1.54) is 0 Å². The van der Waals surface area contributed by atoms with Crippen molar-refractivity contribution < 1.29 is 14.3 Å². The molecule has 1 saturated heterocycles. The van der Waals surface area contributed by atoms with Gasteiger partial charge in [0, 0.05) is 5.69 Å². The van der Waals surface area contributed by atoms with Gasteiger partial charge in [0.05, 0.1) is 13.7 Å². The Hall–Kier alpha value is -1.13. The fourth-order valence-corrected chi connectivity index (χ4v) is 2.44. The van der Waals surface area contributed by atoms with Gasteiger partial charge in [0.25, 0.3) is 0 Å². The molecule has 0 aromatic heterocycles. The Kier molecular flexibility index (Phi) is 3.59. The summed E-state index contributed by atoms with van der Waals surface area (Å²) in [5.74, 6) is 0.307. The minimum atomic E-state index is -1.24. The van der Waals surface area contributed by atoms with Crippen LogP contribution in [0.3, 0.4) is 0 Å². The molecule has 0 N–H and O–H groups in total. The largest absolute Gasteiger partial charge is 0.497 e. The molecule has 1 heterocycles. The third-order valence-corrected chi connectivity index (χ3v) is 3.48. The van der Waals surface area contributed by atoms with E-state index in [1.807, 2.05) is 0 Å². The molecular weight excluding hydrogens is 277 g/mol. The fourth-order valence-electron chi connectivity index (χ4n) is 1.78. The lowest BCUT2D eigenvalue weighted by Crippen LogP contribution is -2.16. The molecule has 4 nitrogen and oxygen atoms in total. The molecule has 1 aliphatic rings. The molecule has 1 fully saturated rings. The number of hydrogen-bond acceptors (Lipinski definition) is 4. The molecule has 0 bridgehead atoms. The number of benzene rings is 1. The van der Waals surface area contributed by atoms with E-state index in [1.54, 1.807) is 43.2 Å². The predicted octanol–water partition coefficient (Wildman–Crippen LogP) is 2.58. The lowest BCUT2D eigenvalue weighted by atomic mass is 10.3. The first-order valence-corrected chi connectivity index (χ1v) is 6.25. The molecule has 0 aliphatic carbocycles. The first-order chi connectivity index (χ1) is 8.52. The van der Waals surface area contributed by atoms with E-state index in [9.17, 15) is 4.79 Å². The average molecular weight is 290 g/mol. The highest BCUT2D eigenvalue weighted by Crippen LogP contribution is 2.52. The Morgan fingerprint density at radius 2 is 2.00 bits per heavy atom. The van der Waals surface area contributed by atoms with Crippen LogP contribution in [0.2, 0.25) is 0 Å². The summed E-state index contributed by atoms with van der Waals surface area (Å²) < 4.78 is 8.75. The van der Waals surface area contributed by atoms with Crippen LogP contribution in [0.5, 0.6) is 5.75 Å². The quantitative estimate of drug-likeness (QED) is 0.370. The molecule has 1 aromatic carbocycles. The predicted molar refractivity (Wildman–Crippen MR) is 70.3 cm³/mol. The summed E-state index contributed by atoms with van der Waals surface area (Å²) >= 11 is 12.1. The monoisotopic (exact) mass is 289 g/mol. The smallest absolute Gasteiger partial charge is 0.334 e. The van der Waals surface area contributed by atoms with Crippen molar-refractivity contribution in [1.82, 2.24) is 0 Å². The molecule has 0 radical (unpaired) electrons. The van der Waals surface area contributed by atoms with E-state index in [-0.39, 0.29) is 0 Å². The normalized spacial score (nSPS) is 20.4. The van der Waals surface area contributed by atoms with Crippen molar-refractivity contribution in [2.45, 2.75) is 17.4 Å². The van der Waals surface area contributed by atoms with Crippen LogP contribution in [-0.4, -0.2) is 30.2 Å². The molecule has 6 heteroatoms. The van der Waals surface area contributed by atoms with Gasteiger partial charge in [0.2, 0.25) is 4.46 Å². The van der Waals surface area contributed by atoms with Crippen LogP contribution in [0.25, 0.3) is 0 Å². The van der Waals surface area contributed by atoms with Crippen molar-refractivity contribution in [2.75, 3.05) is 18.6 Å². The Balaban J connectivity index is 2.16. The maximum absolute atomic E-state index is 11.7. The van der Waals surface area contributed by atoms with Gasteiger partial charge in [-0.3, -0.25) is 0 Å². The van der Waals surface area contributed by atoms with Crippen LogP contribution in [0.4, 0.5) is 5.69 Å². The number of anilines is 1. The number of ether oxygens (including phenoxy) is 2. The molecule has 1 aliphatic heterocycles. The molecule has 1 atom stereocenters. The number of alkyl halides is 2. The lowest BCUT2D eigenvalue weighted by molar-refractivity contribution is -0.142. The molecule has 18 heavy (non-hydrogen) atoms. The summed E-state index contributed by atoms with van der Waals surface area (Å²) in [6.07, 6.45) is 0. The maximum Gasteiger partial charge on any atom is 0.334 e. The molecule has 1 unspecified atom stereocenters. The Labute approximate surface area is 115 Å². The molecule has 2 rings (SSSR count). The second-order valence-electron chi connectivity index (χ2n) is 3.81. The van der Waals surface area contributed by atoms with Crippen LogP contribution >= 0.6 is 23.2 Å². The minimum Gasteiger partial charge on any atom is -0.497 e. The number of carbonyl (C=O) groups is 1. The highest BCUT2D eigenvalue weighted by Gasteiger charge is 2.66. The lowest BCUT2D eigenvalue weighted by Gasteiger charge is -2.07. The van der Waals surface area contributed by atoms with Crippen molar-refractivity contribution in [1.29, 1.82) is 0 Å². The van der Waals surface area contributed by atoms with E-state index in [0.717, 1.165) is 11.4 Å². The molecule has 0 spiro atoms. The molecule has 0 amide bonds. The van der Waals surface area contributed by atoms with Crippen LogP contribution in [0.15, 0.2) is 24.3 Å². The number of nitrogens with zero attached hydrogens (tertiary/aromatic N) is 1. The number of rotatable bonds is 4. The first kappa shape index (κ1) is 13.3. The average Bonchev–Trinajstić information content (AvgIpc) is 2.93. The van der Waals surface area contributed by atoms with Gasteiger partial charge in [0.15, 0.2) is 6.04 Å². The van der Waals surface area contributed by atoms with Gasteiger partial charge >= 0.3 is 5.97 Å². The standard InChI is InChI=1S/C12H13Cl2NO3/c1-3-18-11(16)10-12(13,14)15(10)8-4-6-9(17-2)7-5-8/h4-7,10H,3H2,1-2H3. The summed E-state index contributed by atoms with van der Waals surface area (Å²) in [6.45, 7) is 2.04. The Morgan fingerprint density at radius 1 is 1.39 bits per heavy atom. The molecular formula is C12H13Cl2NO3. The van der Waals surface area contributed by atoms with Gasteiger partial charge in [-0.05, 0) is 31.2 Å².